The van der Waals surface area contributed by atoms with E-state index in [1.165, 1.54) is 0 Å². The van der Waals surface area contributed by atoms with E-state index >= 15 is 0 Å². The molecule has 1 aromatic rings. The van der Waals surface area contributed by atoms with Crippen LogP contribution in [0, 0.1) is 0 Å². The van der Waals surface area contributed by atoms with Crippen LogP contribution in [0.1, 0.15) is 18.9 Å². The van der Waals surface area contributed by atoms with E-state index < -0.39 is 11.9 Å². The van der Waals surface area contributed by atoms with Gasteiger partial charge in [0, 0.05) is 6.08 Å². The van der Waals surface area contributed by atoms with Crippen LogP contribution in [0.3, 0.4) is 0 Å². The van der Waals surface area contributed by atoms with E-state index in [0.717, 1.165) is 12.5 Å². The lowest BCUT2D eigenvalue weighted by molar-refractivity contribution is -0.131. The number of carbonyl (C=O) groups is 2. The van der Waals surface area contributed by atoms with E-state index in [2.05, 4.69) is 5.48 Å². The highest BCUT2D eigenvalue weighted by molar-refractivity contribution is 6.20. The van der Waals surface area contributed by atoms with E-state index in [1.807, 2.05) is 6.92 Å². The van der Waals surface area contributed by atoms with E-state index in [-0.39, 0.29) is 5.57 Å². The first kappa shape index (κ1) is 13.9. The highest BCUT2D eigenvalue weighted by atomic mass is 16.6. The van der Waals surface area contributed by atoms with Crippen molar-refractivity contribution in [2.75, 3.05) is 6.61 Å². The summed E-state index contributed by atoms with van der Waals surface area (Å²) in [5.74, 6) is -1.75. The second kappa shape index (κ2) is 7.24. The molecule has 1 amide bonds. The van der Waals surface area contributed by atoms with Crippen LogP contribution in [0.5, 0.6) is 0 Å². The maximum Gasteiger partial charge on any atom is 0.336 e. The molecule has 0 fully saturated rings. The zero-order valence-corrected chi connectivity index (χ0v) is 10.1. The summed E-state index contributed by atoms with van der Waals surface area (Å²) >= 11 is 0. The molecule has 0 aliphatic rings. The largest absolute Gasteiger partial charge is 0.478 e. The van der Waals surface area contributed by atoms with Gasteiger partial charge in [-0.1, -0.05) is 37.3 Å². The van der Waals surface area contributed by atoms with E-state index in [0.29, 0.717) is 12.2 Å². The Morgan fingerprint density at radius 3 is 2.56 bits per heavy atom. The minimum atomic E-state index is -1.16. The van der Waals surface area contributed by atoms with Crippen LogP contribution in [0.25, 0.3) is 5.57 Å². The predicted molar refractivity (Wildman–Crippen MR) is 66.4 cm³/mol. The van der Waals surface area contributed by atoms with Gasteiger partial charge in [0.2, 0.25) is 0 Å². The first-order valence-corrected chi connectivity index (χ1v) is 5.57. The number of carbonyl (C=O) groups excluding carboxylic acids is 1. The maximum absolute atomic E-state index is 11.4. The molecule has 0 radical (unpaired) electrons. The number of nitrogens with one attached hydrogen (secondary N) is 1. The Kier molecular flexibility index (Phi) is 5.60. The molecule has 0 aliphatic carbocycles. The van der Waals surface area contributed by atoms with Crippen LogP contribution in [0.4, 0.5) is 0 Å². The molecule has 0 bridgehead atoms. The Hall–Kier alpha value is -2.14. The quantitative estimate of drug-likeness (QED) is 0.456. The van der Waals surface area contributed by atoms with Gasteiger partial charge in [0.05, 0.1) is 12.2 Å². The smallest absolute Gasteiger partial charge is 0.336 e. The van der Waals surface area contributed by atoms with Gasteiger partial charge >= 0.3 is 5.97 Å². The number of amides is 1. The van der Waals surface area contributed by atoms with Gasteiger partial charge in [-0.15, -0.1) is 0 Å². The van der Waals surface area contributed by atoms with Crippen LogP contribution in [-0.2, 0) is 14.4 Å². The third-order valence-electron chi connectivity index (χ3n) is 2.07. The van der Waals surface area contributed by atoms with Crippen molar-refractivity contribution in [3.8, 4) is 0 Å². The minimum absolute atomic E-state index is 0.0757. The van der Waals surface area contributed by atoms with Gasteiger partial charge in [-0.3, -0.25) is 9.63 Å². The van der Waals surface area contributed by atoms with Gasteiger partial charge < -0.3 is 5.11 Å². The summed E-state index contributed by atoms with van der Waals surface area (Å²) in [4.78, 5) is 27.3. The minimum Gasteiger partial charge on any atom is -0.478 e. The van der Waals surface area contributed by atoms with Crippen molar-refractivity contribution >= 4 is 17.4 Å². The molecule has 2 N–H and O–H groups in total. The zero-order chi connectivity index (χ0) is 13.4. The Morgan fingerprint density at radius 1 is 1.33 bits per heavy atom. The van der Waals surface area contributed by atoms with Crippen molar-refractivity contribution in [3.63, 3.8) is 0 Å². The molecular weight excluding hydrogens is 234 g/mol. The van der Waals surface area contributed by atoms with Gasteiger partial charge in [-0.25, -0.2) is 10.3 Å². The van der Waals surface area contributed by atoms with Crippen molar-refractivity contribution in [2.45, 2.75) is 13.3 Å². The molecular formula is C13H15NO4. The SMILES string of the molecule is CCCONC(=O)/C=C(\C(=O)O)c1ccccc1. The van der Waals surface area contributed by atoms with Gasteiger partial charge in [0.15, 0.2) is 0 Å². The summed E-state index contributed by atoms with van der Waals surface area (Å²) in [6.07, 6.45) is 1.77. The first-order chi connectivity index (χ1) is 8.65. The molecule has 1 aromatic carbocycles. The lowest BCUT2D eigenvalue weighted by atomic mass is 10.1. The van der Waals surface area contributed by atoms with Crippen LogP contribution in [0.2, 0.25) is 0 Å². The lowest BCUT2D eigenvalue weighted by Crippen LogP contribution is -2.22. The molecule has 1 rings (SSSR count). The van der Waals surface area contributed by atoms with E-state index in [9.17, 15) is 9.59 Å². The second-order valence-corrected chi connectivity index (χ2v) is 3.54. The normalized spacial score (nSPS) is 11.1. The van der Waals surface area contributed by atoms with E-state index in [1.54, 1.807) is 30.3 Å². The lowest BCUT2D eigenvalue weighted by Gasteiger charge is -2.04. The highest BCUT2D eigenvalue weighted by Crippen LogP contribution is 2.13. The fraction of sp³-hybridized carbons (Fsp3) is 0.231. The average Bonchev–Trinajstić information content (AvgIpc) is 2.37. The van der Waals surface area contributed by atoms with Crippen molar-refractivity contribution in [1.82, 2.24) is 5.48 Å². The van der Waals surface area contributed by atoms with Crippen molar-refractivity contribution in [1.29, 1.82) is 0 Å². The Labute approximate surface area is 105 Å². The number of hydroxylamine groups is 1. The Bertz CT molecular complexity index is 440. The molecule has 0 heterocycles. The maximum atomic E-state index is 11.4. The summed E-state index contributed by atoms with van der Waals surface area (Å²) < 4.78 is 0. The topological polar surface area (TPSA) is 75.6 Å². The van der Waals surface area contributed by atoms with Gasteiger partial charge in [-0.2, -0.15) is 0 Å². The third kappa shape index (κ3) is 4.39. The molecule has 0 aliphatic heterocycles. The van der Waals surface area contributed by atoms with Gasteiger partial charge in [0.25, 0.3) is 5.91 Å². The number of hydrogen-bond acceptors (Lipinski definition) is 3. The van der Waals surface area contributed by atoms with Crippen molar-refractivity contribution in [3.05, 3.63) is 42.0 Å². The molecule has 0 atom stereocenters. The van der Waals surface area contributed by atoms with Crippen molar-refractivity contribution in [2.24, 2.45) is 0 Å². The fourth-order valence-electron chi connectivity index (χ4n) is 1.27. The molecule has 5 heteroatoms. The van der Waals surface area contributed by atoms with Crippen LogP contribution in [-0.4, -0.2) is 23.6 Å². The number of benzene rings is 1. The number of carboxylic acid groups (broad SMARTS) is 1. The van der Waals surface area contributed by atoms with Crippen LogP contribution >= 0.6 is 0 Å². The fourth-order valence-corrected chi connectivity index (χ4v) is 1.27. The van der Waals surface area contributed by atoms with Gasteiger partial charge in [0.1, 0.15) is 0 Å². The second-order valence-electron chi connectivity index (χ2n) is 3.54. The van der Waals surface area contributed by atoms with Crippen LogP contribution < -0.4 is 5.48 Å². The number of rotatable bonds is 6. The Balaban J connectivity index is 2.80. The van der Waals surface area contributed by atoms with Gasteiger partial charge in [-0.05, 0) is 12.0 Å². The standard InChI is InChI=1S/C13H15NO4/c1-2-8-18-14-12(15)9-11(13(16)17)10-6-4-3-5-7-10/h3-7,9H,2,8H2,1H3,(H,14,15)(H,16,17)/b11-9-. The summed E-state index contributed by atoms with van der Waals surface area (Å²) in [6, 6.07) is 8.43. The first-order valence-electron chi connectivity index (χ1n) is 5.57. The Morgan fingerprint density at radius 2 is 2.00 bits per heavy atom. The molecule has 0 unspecified atom stereocenters. The number of aliphatic carboxylic acids is 1. The molecule has 18 heavy (non-hydrogen) atoms. The summed E-state index contributed by atoms with van der Waals surface area (Å²) in [5.41, 5.74) is 2.55. The zero-order valence-electron chi connectivity index (χ0n) is 10.1. The summed E-state index contributed by atoms with van der Waals surface area (Å²) in [5, 5.41) is 9.06. The molecule has 96 valence electrons. The predicted octanol–water partition coefficient (Wildman–Crippen LogP) is 1.61. The molecule has 5 nitrogen and oxygen atoms in total. The number of carboxylic acids is 1. The molecule has 0 saturated carbocycles. The van der Waals surface area contributed by atoms with Crippen LogP contribution in [0.15, 0.2) is 36.4 Å². The third-order valence-corrected chi connectivity index (χ3v) is 2.07. The molecule has 0 aromatic heterocycles. The van der Waals surface area contributed by atoms with Crippen molar-refractivity contribution < 1.29 is 19.5 Å². The molecule has 0 saturated heterocycles. The highest BCUT2D eigenvalue weighted by Gasteiger charge is 2.12. The van der Waals surface area contributed by atoms with E-state index in [4.69, 9.17) is 9.94 Å². The number of hydrogen-bond donors (Lipinski definition) is 2. The monoisotopic (exact) mass is 249 g/mol. The summed E-state index contributed by atoms with van der Waals surface area (Å²) in [6.45, 7) is 2.28. The summed E-state index contributed by atoms with van der Waals surface area (Å²) in [7, 11) is 0. The molecule has 0 spiro atoms. The average molecular weight is 249 g/mol.